The van der Waals surface area contributed by atoms with Crippen LogP contribution < -0.4 is 5.32 Å². The average Bonchev–Trinajstić information content (AvgIpc) is 2.28. The molecule has 0 aliphatic carbocycles. The van der Waals surface area contributed by atoms with Crippen LogP contribution in [0.15, 0.2) is 24.3 Å². The molecule has 1 fully saturated rings. The summed E-state index contributed by atoms with van der Waals surface area (Å²) in [6.07, 6.45) is -0.711. The van der Waals surface area contributed by atoms with Crippen molar-refractivity contribution in [2.75, 3.05) is 6.54 Å². The molecule has 18 heavy (non-hydrogen) atoms. The fraction of sp³-hybridized carbons (Fsp3) is 0.571. The van der Waals surface area contributed by atoms with Gasteiger partial charge in [-0.1, -0.05) is 24.6 Å². The molecule has 0 amide bonds. The zero-order valence-electron chi connectivity index (χ0n) is 10.5. The molecule has 1 aromatic carbocycles. The van der Waals surface area contributed by atoms with E-state index in [9.17, 15) is 13.2 Å². The molecule has 1 aliphatic rings. The first-order valence-corrected chi connectivity index (χ1v) is 6.31. The summed E-state index contributed by atoms with van der Waals surface area (Å²) >= 11 is 0. The monoisotopic (exact) mass is 257 g/mol. The van der Waals surface area contributed by atoms with E-state index in [1.165, 1.54) is 12.1 Å². The van der Waals surface area contributed by atoms with Crippen LogP contribution in [0.1, 0.15) is 37.3 Å². The highest BCUT2D eigenvalue weighted by Crippen LogP contribution is 2.34. The molecular weight excluding hydrogens is 239 g/mol. The van der Waals surface area contributed by atoms with Crippen molar-refractivity contribution in [2.45, 2.75) is 44.3 Å². The smallest absolute Gasteiger partial charge is 0.311 e. The largest absolute Gasteiger partial charge is 0.416 e. The summed E-state index contributed by atoms with van der Waals surface area (Å²) in [4.78, 5) is 0. The Morgan fingerprint density at radius 2 is 1.94 bits per heavy atom. The molecule has 0 bridgehead atoms. The lowest BCUT2D eigenvalue weighted by atomic mass is 9.83. The molecule has 1 nitrogen and oxygen atoms in total. The minimum absolute atomic E-state index is 0.209. The predicted octanol–water partition coefficient (Wildman–Crippen LogP) is 3.78. The van der Waals surface area contributed by atoms with Crippen LogP contribution in [0.5, 0.6) is 0 Å². The van der Waals surface area contributed by atoms with Gasteiger partial charge in [0.15, 0.2) is 0 Å². The van der Waals surface area contributed by atoms with Crippen molar-refractivity contribution in [2.24, 2.45) is 0 Å². The molecule has 1 atom stereocenters. The molecule has 1 heterocycles. The van der Waals surface area contributed by atoms with Gasteiger partial charge in [-0.15, -0.1) is 0 Å². The number of hydrogen-bond donors (Lipinski definition) is 1. The third-order valence-corrected chi connectivity index (χ3v) is 3.61. The fourth-order valence-corrected chi connectivity index (χ4v) is 2.64. The second-order valence-corrected chi connectivity index (χ2v) is 5.28. The normalized spacial score (nSPS) is 25.1. The summed E-state index contributed by atoms with van der Waals surface area (Å²) < 4.78 is 38.7. The Morgan fingerprint density at radius 3 is 2.56 bits per heavy atom. The number of piperidine rings is 1. The van der Waals surface area contributed by atoms with E-state index in [2.05, 4.69) is 5.32 Å². The minimum atomic E-state index is -4.26. The molecule has 2 rings (SSSR count). The molecule has 100 valence electrons. The van der Waals surface area contributed by atoms with Crippen LogP contribution in [0.25, 0.3) is 0 Å². The number of halogens is 3. The molecular formula is C14H18F3N. The van der Waals surface area contributed by atoms with E-state index in [1.54, 1.807) is 12.1 Å². The molecule has 0 spiro atoms. The Labute approximate surface area is 105 Å². The van der Waals surface area contributed by atoms with Gasteiger partial charge < -0.3 is 5.32 Å². The maximum atomic E-state index is 12.9. The molecule has 0 radical (unpaired) electrons. The molecule has 1 aromatic rings. The van der Waals surface area contributed by atoms with Crippen LogP contribution in [0, 0.1) is 0 Å². The van der Waals surface area contributed by atoms with Gasteiger partial charge in [0.2, 0.25) is 0 Å². The molecule has 4 heteroatoms. The third-order valence-electron chi connectivity index (χ3n) is 3.61. The zero-order chi connectivity index (χ0) is 13.2. The van der Waals surface area contributed by atoms with E-state index < -0.39 is 11.7 Å². The lowest BCUT2D eigenvalue weighted by Gasteiger charge is -2.35. The summed E-state index contributed by atoms with van der Waals surface area (Å²) in [6, 6.07) is 5.88. The van der Waals surface area contributed by atoms with Crippen LogP contribution in [-0.2, 0) is 12.6 Å². The second-order valence-electron chi connectivity index (χ2n) is 5.28. The topological polar surface area (TPSA) is 12.0 Å². The van der Waals surface area contributed by atoms with Crippen LogP contribution in [0.3, 0.4) is 0 Å². The second kappa shape index (κ2) is 4.92. The van der Waals surface area contributed by atoms with Crippen molar-refractivity contribution in [1.29, 1.82) is 0 Å². The average molecular weight is 257 g/mol. The van der Waals surface area contributed by atoms with Crippen LogP contribution in [0.4, 0.5) is 13.2 Å². The van der Waals surface area contributed by atoms with Crippen LogP contribution in [-0.4, -0.2) is 12.1 Å². The Balaban J connectivity index is 2.23. The number of benzene rings is 1. The number of hydrogen-bond acceptors (Lipinski definition) is 1. The third kappa shape index (κ3) is 3.05. The quantitative estimate of drug-likeness (QED) is 0.850. The Morgan fingerprint density at radius 1 is 1.22 bits per heavy atom. The SMILES string of the molecule is CC1(Cc2ccccc2C(F)(F)F)CCCCN1. The van der Waals surface area contributed by atoms with Crippen molar-refractivity contribution in [3.05, 3.63) is 35.4 Å². The first-order chi connectivity index (χ1) is 8.41. The first-order valence-electron chi connectivity index (χ1n) is 6.31. The van der Waals surface area contributed by atoms with Gasteiger partial charge in [0.05, 0.1) is 5.56 Å². The molecule has 0 saturated carbocycles. The highest BCUT2D eigenvalue weighted by molar-refractivity contribution is 5.31. The molecule has 1 N–H and O–H groups in total. The van der Waals surface area contributed by atoms with E-state index in [4.69, 9.17) is 0 Å². The van der Waals surface area contributed by atoms with E-state index >= 15 is 0 Å². The lowest BCUT2D eigenvalue weighted by molar-refractivity contribution is -0.138. The van der Waals surface area contributed by atoms with Crippen molar-refractivity contribution in [1.82, 2.24) is 5.32 Å². The summed E-state index contributed by atoms with van der Waals surface area (Å²) in [5.74, 6) is 0. The van der Waals surface area contributed by atoms with Crippen molar-refractivity contribution in [3.63, 3.8) is 0 Å². The van der Waals surface area contributed by atoms with Crippen molar-refractivity contribution in [3.8, 4) is 0 Å². The Hall–Kier alpha value is -1.03. The number of alkyl halides is 3. The molecule has 1 unspecified atom stereocenters. The van der Waals surface area contributed by atoms with Gasteiger partial charge in [-0.25, -0.2) is 0 Å². The Kier molecular flexibility index (Phi) is 3.66. The van der Waals surface area contributed by atoms with Gasteiger partial charge in [-0.05, 0) is 44.4 Å². The molecule has 0 aromatic heterocycles. The van der Waals surface area contributed by atoms with Gasteiger partial charge in [0.1, 0.15) is 0 Å². The van der Waals surface area contributed by atoms with Crippen LogP contribution >= 0.6 is 0 Å². The number of rotatable bonds is 2. The van der Waals surface area contributed by atoms with E-state index in [0.717, 1.165) is 25.8 Å². The summed E-state index contributed by atoms with van der Waals surface area (Å²) in [6.45, 7) is 2.91. The van der Waals surface area contributed by atoms with Gasteiger partial charge >= 0.3 is 6.18 Å². The van der Waals surface area contributed by atoms with E-state index in [1.807, 2.05) is 6.92 Å². The predicted molar refractivity (Wildman–Crippen MR) is 65.4 cm³/mol. The highest BCUT2D eigenvalue weighted by Gasteiger charge is 2.35. The standard InChI is InChI=1S/C14H18F3N/c1-13(8-4-5-9-18-13)10-11-6-2-3-7-12(11)14(15,16)17/h2-3,6-7,18H,4-5,8-10H2,1H3. The summed E-state index contributed by atoms with van der Waals surface area (Å²) in [5, 5.41) is 3.36. The molecule has 1 saturated heterocycles. The minimum Gasteiger partial charge on any atom is -0.311 e. The highest BCUT2D eigenvalue weighted by atomic mass is 19.4. The first kappa shape index (κ1) is 13.4. The van der Waals surface area contributed by atoms with Crippen molar-refractivity contribution >= 4 is 0 Å². The Bertz CT molecular complexity index is 406. The molecule has 1 aliphatic heterocycles. The number of nitrogens with one attached hydrogen (secondary N) is 1. The summed E-state index contributed by atoms with van der Waals surface area (Å²) in [7, 11) is 0. The van der Waals surface area contributed by atoms with Gasteiger partial charge in [0, 0.05) is 5.54 Å². The zero-order valence-corrected chi connectivity index (χ0v) is 10.5. The maximum Gasteiger partial charge on any atom is 0.416 e. The van der Waals surface area contributed by atoms with Gasteiger partial charge in [0.25, 0.3) is 0 Å². The van der Waals surface area contributed by atoms with Crippen molar-refractivity contribution < 1.29 is 13.2 Å². The van der Waals surface area contributed by atoms with E-state index in [0.29, 0.717) is 12.0 Å². The van der Waals surface area contributed by atoms with Crippen LogP contribution in [0.2, 0.25) is 0 Å². The van der Waals surface area contributed by atoms with E-state index in [-0.39, 0.29) is 5.54 Å². The van der Waals surface area contributed by atoms with Gasteiger partial charge in [-0.3, -0.25) is 0 Å². The maximum absolute atomic E-state index is 12.9. The fourth-order valence-electron chi connectivity index (χ4n) is 2.64. The van der Waals surface area contributed by atoms with Gasteiger partial charge in [-0.2, -0.15) is 13.2 Å². The lowest BCUT2D eigenvalue weighted by Crippen LogP contribution is -2.47. The summed E-state index contributed by atoms with van der Waals surface area (Å²) in [5.41, 5.74) is -0.319.